The van der Waals surface area contributed by atoms with Gasteiger partial charge in [0.1, 0.15) is 0 Å². The monoisotopic (exact) mass is 341 g/mol. The smallest absolute Gasteiger partial charge is 0.355 e. The van der Waals surface area contributed by atoms with Gasteiger partial charge in [0, 0.05) is 13.0 Å². The fourth-order valence-electron chi connectivity index (χ4n) is 1.79. The van der Waals surface area contributed by atoms with E-state index < -0.39 is 23.9 Å². The van der Waals surface area contributed by atoms with Crippen LogP contribution in [-0.4, -0.2) is 33.5 Å². The van der Waals surface area contributed by atoms with E-state index in [9.17, 15) is 22.8 Å². The number of carbonyl (C=O) groups excluding carboxylic acids is 2. The minimum absolute atomic E-state index is 0.0497. The van der Waals surface area contributed by atoms with Crippen LogP contribution in [0.1, 0.15) is 17.8 Å². The largest absolute Gasteiger partial charge is 0.451 e. The first-order chi connectivity index (χ1) is 11.3. The molecule has 0 unspecified atom stereocenters. The van der Waals surface area contributed by atoms with Crippen molar-refractivity contribution in [1.29, 1.82) is 0 Å². The first kappa shape index (κ1) is 17.4. The molecule has 0 aliphatic heterocycles. The van der Waals surface area contributed by atoms with E-state index in [2.05, 4.69) is 20.7 Å². The fourth-order valence-corrected chi connectivity index (χ4v) is 1.79. The van der Waals surface area contributed by atoms with Crippen molar-refractivity contribution in [1.82, 2.24) is 20.5 Å². The van der Waals surface area contributed by atoms with Crippen LogP contribution in [0.3, 0.4) is 0 Å². The van der Waals surface area contributed by atoms with Gasteiger partial charge in [-0.2, -0.15) is 18.2 Å². The minimum atomic E-state index is -4.67. The van der Waals surface area contributed by atoms with E-state index in [1.165, 1.54) is 0 Å². The second-order valence-corrected chi connectivity index (χ2v) is 4.82. The average molecular weight is 341 g/mol. The van der Waals surface area contributed by atoms with Crippen LogP contribution in [0.4, 0.5) is 19.1 Å². The highest BCUT2D eigenvalue weighted by Crippen LogP contribution is 2.26. The van der Waals surface area contributed by atoms with Crippen LogP contribution in [0.25, 0.3) is 0 Å². The third-order valence-corrected chi connectivity index (χ3v) is 2.89. The molecule has 2 rings (SSSR count). The predicted molar refractivity (Wildman–Crippen MR) is 77.8 cm³/mol. The van der Waals surface area contributed by atoms with Gasteiger partial charge in [-0.1, -0.05) is 30.3 Å². The number of aromatic amines is 1. The summed E-state index contributed by atoms with van der Waals surface area (Å²) in [5.74, 6) is -2.63. The van der Waals surface area contributed by atoms with Crippen molar-refractivity contribution in [3.8, 4) is 0 Å². The first-order valence-corrected chi connectivity index (χ1v) is 6.94. The molecule has 1 aromatic heterocycles. The summed E-state index contributed by atoms with van der Waals surface area (Å²) in [4.78, 5) is 26.4. The third-order valence-electron chi connectivity index (χ3n) is 2.89. The van der Waals surface area contributed by atoms with Gasteiger partial charge in [0.05, 0.1) is 6.42 Å². The van der Waals surface area contributed by atoms with Gasteiger partial charge >= 0.3 is 6.18 Å². The molecule has 0 fully saturated rings. The Kier molecular flexibility index (Phi) is 5.51. The van der Waals surface area contributed by atoms with E-state index in [1.54, 1.807) is 17.2 Å². The van der Waals surface area contributed by atoms with Gasteiger partial charge in [0.25, 0.3) is 0 Å². The van der Waals surface area contributed by atoms with Gasteiger partial charge in [-0.3, -0.25) is 20.0 Å². The molecule has 0 atom stereocenters. The third kappa shape index (κ3) is 5.38. The molecule has 0 saturated carbocycles. The SMILES string of the molecule is O=C(Cc1ccccc1)NCCC(=O)Nc1n[nH]c(C(F)(F)F)n1. The maximum atomic E-state index is 12.3. The van der Waals surface area contributed by atoms with Crippen LogP contribution in [0.5, 0.6) is 0 Å². The molecular weight excluding hydrogens is 327 g/mol. The summed E-state index contributed by atoms with van der Waals surface area (Å²) in [6, 6.07) is 9.05. The molecule has 24 heavy (non-hydrogen) atoms. The van der Waals surface area contributed by atoms with Gasteiger partial charge in [-0.25, -0.2) is 0 Å². The van der Waals surface area contributed by atoms with Crippen molar-refractivity contribution in [2.24, 2.45) is 0 Å². The summed E-state index contributed by atoms with van der Waals surface area (Å²) in [6.07, 6.45) is -4.60. The van der Waals surface area contributed by atoms with Crippen LogP contribution >= 0.6 is 0 Å². The van der Waals surface area contributed by atoms with Gasteiger partial charge in [-0.05, 0) is 5.56 Å². The Morgan fingerprint density at radius 1 is 1.12 bits per heavy atom. The zero-order chi connectivity index (χ0) is 17.6. The zero-order valence-corrected chi connectivity index (χ0v) is 12.4. The number of hydrogen-bond donors (Lipinski definition) is 3. The van der Waals surface area contributed by atoms with E-state index in [-0.39, 0.29) is 25.3 Å². The number of amides is 2. The Bertz CT molecular complexity index is 700. The summed E-state index contributed by atoms with van der Waals surface area (Å²) in [6.45, 7) is 0.0497. The molecule has 0 aliphatic rings. The van der Waals surface area contributed by atoms with Crippen molar-refractivity contribution >= 4 is 17.8 Å². The standard InChI is InChI=1S/C14H14F3N5O2/c15-14(16,17)12-20-13(22-21-12)19-10(23)6-7-18-11(24)8-9-4-2-1-3-5-9/h1-5H,6-8H2,(H,18,24)(H2,19,20,21,22,23). The topological polar surface area (TPSA) is 99.8 Å². The first-order valence-electron chi connectivity index (χ1n) is 6.94. The molecule has 0 spiro atoms. The summed E-state index contributed by atoms with van der Waals surface area (Å²) < 4.78 is 36.9. The van der Waals surface area contributed by atoms with Crippen LogP contribution in [0.15, 0.2) is 30.3 Å². The number of nitrogens with one attached hydrogen (secondary N) is 3. The number of H-pyrrole nitrogens is 1. The highest BCUT2D eigenvalue weighted by Gasteiger charge is 2.35. The second kappa shape index (κ2) is 7.57. The maximum absolute atomic E-state index is 12.3. The molecule has 10 heteroatoms. The number of carbonyl (C=O) groups is 2. The highest BCUT2D eigenvalue weighted by atomic mass is 19.4. The molecule has 0 bridgehead atoms. The second-order valence-electron chi connectivity index (χ2n) is 4.82. The normalized spacial score (nSPS) is 11.1. The lowest BCUT2D eigenvalue weighted by atomic mass is 10.1. The number of aromatic nitrogens is 3. The molecule has 3 N–H and O–H groups in total. The summed E-state index contributed by atoms with van der Waals surface area (Å²) >= 11 is 0. The molecule has 1 heterocycles. The number of benzene rings is 1. The summed E-state index contributed by atoms with van der Waals surface area (Å²) in [5, 5.41) is 9.59. The van der Waals surface area contributed by atoms with Crippen LogP contribution in [-0.2, 0) is 22.2 Å². The van der Waals surface area contributed by atoms with Crippen molar-refractivity contribution in [3.63, 3.8) is 0 Å². The van der Waals surface area contributed by atoms with Gasteiger partial charge < -0.3 is 5.32 Å². The molecule has 1 aromatic carbocycles. The lowest BCUT2D eigenvalue weighted by molar-refractivity contribution is -0.144. The lowest BCUT2D eigenvalue weighted by Gasteiger charge is -2.05. The average Bonchev–Trinajstić information content (AvgIpc) is 2.97. The summed E-state index contributed by atoms with van der Waals surface area (Å²) in [5.41, 5.74) is 0.833. The van der Waals surface area contributed by atoms with Crippen LogP contribution < -0.4 is 10.6 Å². The minimum Gasteiger partial charge on any atom is -0.355 e. The zero-order valence-electron chi connectivity index (χ0n) is 12.4. The maximum Gasteiger partial charge on any atom is 0.451 e. The van der Waals surface area contributed by atoms with E-state index in [1.807, 2.05) is 18.2 Å². The molecule has 0 aliphatic carbocycles. The number of anilines is 1. The van der Waals surface area contributed by atoms with Gasteiger partial charge in [-0.15, -0.1) is 5.10 Å². The number of alkyl halides is 3. The van der Waals surface area contributed by atoms with Crippen molar-refractivity contribution in [2.45, 2.75) is 19.0 Å². The molecule has 0 radical (unpaired) electrons. The van der Waals surface area contributed by atoms with Crippen molar-refractivity contribution < 1.29 is 22.8 Å². The fraction of sp³-hybridized carbons (Fsp3) is 0.286. The number of rotatable bonds is 6. The Labute approximate surface area is 134 Å². The molecule has 2 aromatic rings. The van der Waals surface area contributed by atoms with Crippen molar-refractivity contribution in [2.75, 3.05) is 11.9 Å². The van der Waals surface area contributed by atoms with Crippen molar-refractivity contribution in [3.05, 3.63) is 41.7 Å². The Hall–Kier alpha value is -2.91. The molecular formula is C14H14F3N5O2. The number of hydrogen-bond acceptors (Lipinski definition) is 4. The van der Waals surface area contributed by atoms with E-state index >= 15 is 0 Å². The highest BCUT2D eigenvalue weighted by molar-refractivity contribution is 5.89. The molecule has 7 nitrogen and oxygen atoms in total. The van der Waals surface area contributed by atoms with Gasteiger partial charge in [0.15, 0.2) is 0 Å². The molecule has 128 valence electrons. The molecule has 0 saturated heterocycles. The number of nitrogens with zero attached hydrogens (tertiary/aromatic N) is 2. The lowest BCUT2D eigenvalue weighted by Crippen LogP contribution is -2.29. The Morgan fingerprint density at radius 2 is 1.83 bits per heavy atom. The van der Waals surface area contributed by atoms with E-state index in [4.69, 9.17) is 0 Å². The quantitative estimate of drug-likeness (QED) is 0.741. The number of halogens is 3. The van der Waals surface area contributed by atoms with Crippen LogP contribution in [0, 0.1) is 0 Å². The van der Waals surface area contributed by atoms with E-state index in [0.29, 0.717) is 0 Å². The van der Waals surface area contributed by atoms with Gasteiger partial charge in [0.2, 0.25) is 23.6 Å². The Morgan fingerprint density at radius 3 is 2.46 bits per heavy atom. The summed E-state index contributed by atoms with van der Waals surface area (Å²) in [7, 11) is 0. The Balaban J connectivity index is 1.71. The molecule has 2 amide bonds. The van der Waals surface area contributed by atoms with E-state index in [0.717, 1.165) is 5.56 Å². The predicted octanol–water partition coefficient (Wildman–Crippen LogP) is 1.51. The van der Waals surface area contributed by atoms with Crippen LogP contribution in [0.2, 0.25) is 0 Å².